The minimum atomic E-state index is 0.656. The summed E-state index contributed by atoms with van der Waals surface area (Å²) >= 11 is 6.28. The van der Waals surface area contributed by atoms with Crippen LogP contribution in [0.2, 0.25) is 5.02 Å². The molecule has 0 atom stereocenters. The average Bonchev–Trinajstić information content (AvgIpc) is 3.40. The number of H-pyrrole nitrogens is 1. The second-order valence-corrected chi connectivity index (χ2v) is 10.2. The van der Waals surface area contributed by atoms with E-state index in [0.717, 1.165) is 97.9 Å². The molecule has 2 fully saturated rings. The van der Waals surface area contributed by atoms with Gasteiger partial charge >= 0.3 is 0 Å². The van der Waals surface area contributed by atoms with E-state index in [-0.39, 0.29) is 0 Å². The quantitative estimate of drug-likeness (QED) is 0.381. The van der Waals surface area contributed by atoms with Gasteiger partial charge in [-0.25, -0.2) is 9.97 Å². The van der Waals surface area contributed by atoms with E-state index in [2.05, 4.69) is 61.1 Å². The highest BCUT2D eigenvalue weighted by molar-refractivity contribution is 6.30. The Kier molecular flexibility index (Phi) is 7.31. The molecule has 38 heavy (non-hydrogen) atoms. The summed E-state index contributed by atoms with van der Waals surface area (Å²) in [5.41, 5.74) is 5.02. The van der Waals surface area contributed by atoms with Gasteiger partial charge in [-0.15, -0.1) is 0 Å². The Hall–Kier alpha value is -3.40. The summed E-state index contributed by atoms with van der Waals surface area (Å²) in [6, 6.07) is 14.2. The van der Waals surface area contributed by atoms with Gasteiger partial charge in [-0.3, -0.25) is 10.00 Å². The van der Waals surface area contributed by atoms with Crippen LogP contribution >= 0.6 is 11.6 Å². The zero-order valence-electron chi connectivity index (χ0n) is 21.6. The fraction of sp³-hybridized carbons (Fsp3) is 0.393. The molecule has 9 nitrogen and oxygen atoms in total. The van der Waals surface area contributed by atoms with Gasteiger partial charge in [0.15, 0.2) is 5.65 Å². The Morgan fingerprint density at radius 2 is 1.71 bits per heavy atom. The minimum Gasteiger partial charge on any atom is -0.492 e. The van der Waals surface area contributed by atoms with Crippen LogP contribution in [-0.4, -0.2) is 90.7 Å². The summed E-state index contributed by atoms with van der Waals surface area (Å²) < 4.78 is 11.4. The molecular formula is C28H32ClN7O2. The van der Waals surface area contributed by atoms with Crippen molar-refractivity contribution in [2.45, 2.75) is 6.92 Å². The normalized spacial score (nSPS) is 16.8. The molecule has 0 bridgehead atoms. The van der Waals surface area contributed by atoms with Crippen molar-refractivity contribution < 1.29 is 9.47 Å². The number of aryl methyl sites for hydroxylation is 1. The molecule has 0 spiro atoms. The highest BCUT2D eigenvalue weighted by Gasteiger charge is 2.24. The van der Waals surface area contributed by atoms with Crippen LogP contribution < -0.4 is 14.5 Å². The number of nitrogens with zero attached hydrogens (tertiary/aromatic N) is 6. The summed E-state index contributed by atoms with van der Waals surface area (Å²) in [4.78, 5) is 16.2. The molecule has 0 amide bonds. The molecule has 4 heterocycles. The molecule has 198 valence electrons. The number of aromatic nitrogens is 4. The second kappa shape index (κ2) is 11.1. The van der Waals surface area contributed by atoms with Crippen molar-refractivity contribution in [3.05, 3.63) is 59.4 Å². The molecular weight excluding hydrogens is 502 g/mol. The van der Waals surface area contributed by atoms with Crippen LogP contribution in [0.5, 0.6) is 5.75 Å². The maximum atomic E-state index is 6.28. The van der Waals surface area contributed by atoms with Gasteiger partial charge in [-0.2, -0.15) is 5.10 Å². The second-order valence-electron chi connectivity index (χ2n) is 9.72. The highest BCUT2D eigenvalue weighted by atomic mass is 35.5. The Bertz CT molecular complexity index is 1380. The first-order valence-electron chi connectivity index (χ1n) is 13.1. The maximum absolute atomic E-state index is 6.28. The lowest BCUT2D eigenvalue weighted by Gasteiger charge is -2.37. The summed E-state index contributed by atoms with van der Waals surface area (Å²) in [6.07, 6.45) is 1.61. The molecule has 0 aliphatic carbocycles. The molecule has 6 rings (SSSR count). The van der Waals surface area contributed by atoms with Gasteiger partial charge in [0.2, 0.25) is 0 Å². The zero-order chi connectivity index (χ0) is 25.9. The SMILES string of the molecule is Cc1ccc(Cl)cc1N1CCN(c2ncnc3[nH]nc(-c4ccc(OCCN5CCOCC5)cc4)c23)CC1. The number of hydrogen-bond donors (Lipinski definition) is 1. The molecule has 2 aliphatic heterocycles. The molecule has 2 aromatic carbocycles. The van der Waals surface area contributed by atoms with Crippen molar-refractivity contribution >= 4 is 34.1 Å². The molecule has 10 heteroatoms. The van der Waals surface area contributed by atoms with Crippen LogP contribution in [0, 0.1) is 6.92 Å². The van der Waals surface area contributed by atoms with Gasteiger partial charge in [0.25, 0.3) is 0 Å². The van der Waals surface area contributed by atoms with Gasteiger partial charge in [0.1, 0.15) is 30.2 Å². The fourth-order valence-corrected chi connectivity index (χ4v) is 5.37. The first-order chi connectivity index (χ1) is 18.7. The number of morpholine rings is 1. The number of aromatic amines is 1. The van der Waals surface area contributed by atoms with Crippen molar-refractivity contribution in [1.29, 1.82) is 0 Å². The number of rotatable bonds is 7. The van der Waals surface area contributed by atoms with E-state index in [9.17, 15) is 0 Å². The standard InChI is InChI=1S/C28H32ClN7O2/c1-20-2-5-22(29)18-24(20)35-8-10-36(11-9-35)28-25-26(32-33-27(25)30-19-31-28)21-3-6-23(7-4-21)38-17-14-34-12-15-37-16-13-34/h2-7,18-19H,8-17H2,1H3,(H,30,31,32,33). The average molecular weight is 534 g/mol. The van der Waals surface area contributed by atoms with Crippen molar-refractivity contribution in [3.63, 3.8) is 0 Å². The summed E-state index contributed by atoms with van der Waals surface area (Å²) in [7, 11) is 0. The van der Waals surface area contributed by atoms with Gasteiger partial charge < -0.3 is 19.3 Å². The van der Waals surface area contributed by atoms with E-state index >= 15 is 0 Å². The third kappa shape index (κ3) is 5.27. The summed E-state index contributed by atoms with van der Waals surface area (Å²) in [5.74, 6) is 1.76. The lowest BCUT2D eigenvalue weighted by molar-refractivity contribution is 0.0322. The van der Waals surface area contributed by atoms with E-state index in [1.54, 1.807) is 6.33 Å². The Morgan fingerprint density at radius 3 is 2.50 bits per heavy atom. The largest absolute Gasteiger partial charge is 0.492 e. The fourth-order valence-electron chi connectivity index (χ4n) is 5.20. The Morgan fingerprint density at radius 1 is 0.947 bits per heavy atom. The first-order valence-corrected chi connectivity index (χ1v) is 13.5. The number of benzene rings is 2. The Labute approximate surface area is 227 Å². The number of nitrogens with one attached hydrogen (secondary N) is 1. The third-order valence-electron chi connectivity index (χ3n) is 7.34. The van der Waals surface area contributed by atoms with E-state index in [4.69, 9.17) is 26.1 Å². The number of fused-ring (bicyclic) bond motifs is 1. The predicted molar refractivity (Wildman–Crippen MR) is 150 cm³/mol. The van der Waals surface area contributed by atoms with Crippen molar-refractivity contribution in [2.75, 3.05) is 75.4 Å². The maximum Gasteiger partial charge on any atom is 0.161 e. The minimum absolute atomic E-state index is 0.656. The van der Waals surface area contributed by atoms with E-state index in [0.29, 0.717) is 6.61 Å². The van der Waals surface area contributed by atoms with Gasteiger partial charge in [0.05, 0.1) is 18.6 Å². The van der Waals surface area contributed by atoms with Crippen LogP contribution in [0.1, 0.15) is 5.56 Å². The Balaban J connectivity index is 1.16. The molecule has 0 unspecified atom stereocenters. The molecule has 0 radical (unpaired) electrons. The van der Waals surface area contributed by atoms with Gasteiger partial charge in [-0.1, -0.05) is 17.7 Å². The third-order valence-corrected chi connectivity index (χ3v) is 7.57. The van der Waals surface area contributed by atoms with Crippen molar-refractivity contribution in [1.82, 2.24) is 25.1 Å². The molecule has 2 saturated heterocycles. The van der Waals surface area contributed by atoms with Crippen molar-refractivity contribution in [3.8, 4) is 17.0 Å². The molecule has 1 N–H and O–H groups in total. The molecule has 2 aromatic heterocycles. The molecule has 0 saturated carbocycles. The molecule has 2 aliphatic rings. The summed E-state index contributed by atoms with van der Waals surface area (Å²) in [6.45, 7) is 10.7. The van der Waals surface area contributed by atoms with Gasteiger partial charge in [-0.05, 0) is 48.9 Å². The van der Waals surface area contributed by atoms with Crippen LogP contribution in [0.15, 0.2) is 48.8 Å². The van der Waals surface area contributed by atoms with Crippen LogP contribution in [0.3, 0.4) is 0 Å². The smallest absolute Gasteiger partial charge is 0.161 e. The van der Waals surface area contributed by atoms with Crippen LogP contribution in [-0.2, 0) is 4.74 Å². The number of halogens is 1. The number of hydrogen-bond acceptors (Lipinski definition) is 8. The monoisotopic (exact) mass is 533 g/mol. The summed E-state index contributed by atoms with van der Waals surface area (Å²) in [5, 5.41) is 9.43. The highest BCUT2D eigenvalue weighted by Crippen LogP contribution is 2.34. The zero-order valence-corrected chi connectivity index (χ0v) is 22.3. The van der Waals surface area contributed by atoms with E-state index in [1.807, 2.05) is 18.2 Å². The number of piperazine rings is 1. The topological polar surface area (TPSA) is 82.6 Å². The van der Waals surface area contributed by atoms with Crippen molar-refractivity contribution in [2.24, 2.45) is 0 Å². The lowest BCUT2D eigenvalue weighted by Crippen LogP contribution is -2.47. The number of anilines is 2. The molecule has 4 aromatic rings. The van der Waals surface area contributed by atoms with Gasteiger partial charge in [0, 0.05) is 62.1 Å². The van der Waals surface area contributed by atoms with Crippen LogP contribution in [0.25, 0.3) is 22.3 Å². The predicted octanol–water partition coefficient (Wildman–Crippen LogP) is 4.02. The first kappa shape index (κ1) is 24.9. The van der Waals surface area contributed by atoms with Crippen LogP contribution in [0.4, 0.5) is 11.5 Å². The van der Waals surface area contributed by atoms with E-state index in [1.165, 1.54) is 11.3 Å². The number of ether oxygens (including phenoxy) is 2. The lowest BCUT2D eigenvalue weighted by atomic mass is 10.1. The van der Waals surface area contributed by atoms with E-state index < -0.39 is 0 Å².